The number of nitrogens with zero attached hydrogens (tertiary/aromatic N) is 1. The molecule has 0 saturated heterocycles. The summed E-state index contributed by atoms with van der Waals surface area (Å²) in [6.07, 6.45) is 3.18. The number of hydrogen-bond acceptors (Lipinski definition) is 3. The van der Waals surface area contributed by atoms with E-state index < -0.39 is 0 Å². The highest BCUT2D eigenvalue weighted by molar-refractivity contribution is 9.10. The van der Waals surface area contributed by atoms with Crippen LogP contribution in [0.4, 0.5) is 5.69 Å². The Morgan fingerprint density at radius 3 is 2.95 bits per heavy atom. The van der Waals surface area contributed by atoms with Crippen molar-refractivity contribution in [2.24, 2.45) is 0 Å². The second-order valence-corrected chi connectivity index (χ2v) is 5.97. The van der Waals surface area contributed by atoms with Crippen molar-refractivity contribution in [3.05, 3.63) is 39.3 Å². The standard InChI is InChI=1S/C15H19BrClN3O/c1-3-4-5-14-19-13(15(17)20-14)9-18-12-8-10(21-2)6-7-11(12)16/h6-8,18H,3-5,9H2,1-2H3,(H,19,20). The SMILES string of the molecule is CCCCc1nc(Cl)c(CNc2cc(OC)ccc2Br)[nH]1. The number of aromatic amines is 1. The molecule has 0 bridgehead atoms. The number of nitrogens with one attached hydrogen (secondary N) is 2. The molecule has 21 heavy (non-hydrogen) atoms. The van der Waals surface area contributed by atoms with Crippen LogP contribution in [0.2, 0.25) is 5.15 Å². The van der Waals surface area contributed by atoms with E-state index in [2.05, 4.69) is 38.1 Å². The van der Waals surface area contributed by atoms with Gasteiger partial charge in [-0.2, -0.15) is 0 Å². The lowest BCUT2D eigenvalue weighted by molar-refractivity contribution is 0.415. The van der Waals surface area contributed by atoms with Crippen molar-refractivity contribution in [1.82, 2.24) is 9.97 Å². The van der Waals surface area contributed by atoms with E-state index in [1.54, 1.807) is 7.11 Å². The molecule has 0 spiro atoms. The molecule has 0 radical (unpaired) electrons. The summed E-state index contributed by atoms with van der Waals surface area (Å²) < 4.78 is 6.20. The Kier molecular flexibility index (Phi) is 5.94. The molecule has 0 aliphatic carbocycles. The molecule has 0 amide bonds. The number of imidazole rings is 1. The van der Waals surface area contributed by atoms with E-state index in [1.807, 2.05) is 18.2 Å². The monoisotopic (exact) mass is 371 g/mol. The van der Waals surface area contributed by atoms with Crippen LogP contribution in [0.1, 0.15) is 31.3 Å². The first-order chi connectivity index (χ1) is 10.1. The van der Waals surface area contributed by atoms with Crippen molar-refractivity contribution in [2.45, 2.75) is 32.7 Å². The van der Waals surface area contributed by atoms with Crippen molar-refractivity contribution in [2.75, 3.05) is 12.4 Å². The molecule has 6 heteroatoms. The lowest BCUT2D eigenvalue weighted by atomic mass is 10.2. The number of ether oxygens (including phenoxy) is 1. The van der Waals surface area contributed by atoms with Crippen LogP contribution in [0.5, 0.6) is 5.75 Å². The van der Waals surface area contributed by atoms with Gasteiger partial charge in [0.05, 0.1) is 25.0 Å². The van der Waals surface area contributed by atoms with Crippen LogP contribution in [0.15, 0.2) is 22.7 Å². The highest BCUT2D eigenvalue weighted by Gasteiger charge is 2.09. The normalized spacial score (nSPS) is 10.7. The van der Waals surface area contributed by atoms with E-state index in [9.17, 15) is 0 Å². The Morgan fingerprint density at radius 2 is 2.24 bits per heavy atom. The Bertz CT molecular complexity index is 601. The van der Waals surface area contributed by atoms with Crippen LogP contribution in [0, 0.1) is 0 Å². The summed E-state index contributed by atoms with van der Waals surface area (Å²) in [4.78, 5) is 7.63. The van der Waals surface area contributed by atoms with Crippen molar-refractivity contribution >= 4 is 33.2 Å². The molecule has 4 nitrogen and oxygen atoms in total. The van der Waals surface area contributed by atoms with Crippen molar-refractivity contribution in [1.29, 1.82) is 0 Å². The smallest absolute Gasteiger partial charge is 0.152 e. The van der Waals surface area contributed by atoms with Gasteiger partial charge in [0.1, 0.15) is 11.6 Å². The number of benzene rings is 1. The van der Waals surface area contributed by atoms with E-state index in [0.29, 0.717) is 11.7 Å². The van der Waals surface area contributed by atoms with E-state index in [0.717, 1.165) is 46.7 Å². The van der Waals surface area contributed by atoms with Gasteiger partial charge in [0.25, 0.3) is 0 Å². The van der Waals surface area contributed by atoms with Gasteiger partial charge in [-0.05, 0) is 34.5 Å². The largest absolute Gasteiger partial charge is 0.497 e. The van der Waals surface area contributed by atoms with E-state index in [4.69, 9.17) is 16.3 Å². The molecule has 1 heterocycles. The number of unbranched alkanes of at least 4 members (excludes halogenated alkanes) is 1. The minimum absolute atomic E-state index is 0.535. The molecule has 114 valence electrons. The number of anilines is 1. The third kappa shape index (κ3) is 4.38. The maximum Gasteiger partial charge on any atom is 0.152 e. The van der Waals surface area contributed by atoms with Gasteiger partial charge >= 0.3 is 0 Å². The topological polar surface area (TPSA) is 49.9 Å². The fraction of sp³-hybridized carbons (Fsp3) is 0.400. The van der Waals surface area contributed by atoms with Crippen molar-refractivity contribution in [3.8, 4) is 5.75 Å². The fourth-order valence-corrected chi connectivity index (χ4v) is 2.57. The lowest BCUT2D eigenvalue weighted by Gasteiger charge is -2.09. The Balaban J connectivity index is 2.04. The minimum atomic E-state index is 0.535. The highest BCUT2D eigenvalue weighted by atomic mass is 79.9. The average molecular weight is 373 g/mol. The van der Waals surface area contributed by atoms with Gasteiger partial charge in [-0.1, -0.05) is 24.9 Å². The number of aromatic nitrogens is 2. The number of rotatable bonds is 7. The Morgan fingerprint density at radius 1 is 1.43 bits per heavy atom. The maximum atomic E-state index is 6.17. The zero-order valence-corrected chi connectivity index (χ0v) is 14.5. The van der Waals surface area contributed by atoms with Gasteiger partial charge in [-0.15, -0.1) is 0 Å². The fourth-order valence-electron chi connectivity index (χ4n) is 1.97. The first-order valence-electron chi connectivity index (χ1n) is 6.94. The lowest BCUT2D eigenvalue weighted by Crippen LogP contribution is -2.01. The van der Waals surface area contributed by atoms with Crippen LogP contribution in [-0.2, 0) is 13.0 Å². The molecule has 2 aromatic rings. The summed E-state index contributed by atoms with van der Waals surface area (Å²) in [6.45, 7) is 2.75. The van der Waals surface area contributed by atoms with Gasteiger partial charge in [0.15, 0.2) is 5.15 Å². The predicted molar refractivity (Wildman–Crippen MR) is 90.2 cm³/mol. The number of halogens is 2. The molecule has 2 rings (SSSR count). The third-order valence-electron chi connectivity index (χ3n) is 3.17. The first-order valence-corrected chi connectivity index (χ1v) is 8.11. The number of methoxy groups -OCH3 is 1. The van der Waals surface area contributed by atoms with Crippen LogP contribution < -0.4 is 10.1 Å². The molecule has 2 N–H and O–H groups in total. The summed E-state index contributed by atoms with van der Waals surface area (Å²) in [6, 6.07) is 5.79. The molecule has 0 unspecified atom stereocenters. The molecule has 0 atom stereocenters. The number of aryl methyl sites for hydroxylation is 1. The molecule has 0 fully saturated rings. The van der Waals surface area contributed by atoms with Crippen LogP contribution >= 0.6 is 27.5 Å². The summed E-state index contributed by atoms with van der Waals surface area (Å²) in [5.74, 6) is 1.75. The second kappa shape index (κ2) is 7.71. The van der Waals surface area contributed by atoms with Gasteiger partial charge in [0, 0.05) is 17.0 Å². The average Bonchev–Trinajstić information content (AvgIpc) is 2.84. The highest BCUT2D eigenvalue weighted by Crippen LogP contribution is 2.28. The second-order valence-electron chi connectivity index (χ2n) is 4.76. The Hall–Kier alpha value is -1.20. The maximum absolute atomic E-state index is 6.17. The summed E-state index contributed by atoms with van der Waals surface area (Å²) >= 11 is 9.68. The zero-order chi connectivity index (χ0) is 15.2. The third-order valence-corrected chi connectivity index (χ3v) is 4.18. The quantitative estimate of drug-likeness (QED) is 0.734. The Labute approximate surface area is 138 Å². The van der Waals surface area contributed by atoms with E-state index in [-0.39, 0.29) is 0 Å². The number of hydrogen-bond donors (Lipinski definition) is 2. The molecule has 0 aliphatic rings. The van der Waals surface area contributed by atoms with E-state index >= 15 is 0 Å². The number of H-pyrrole nitrogens is 1. The van der Waals surface area contributed by atoms with E-state index in [1.165, 1.54) is 0 Å². The molecular weight excluding hydrogens is 354 g/mol. The molecule has 1 aromatic carbocycles. The molecular formula is C15H19BrClN3O. The molecule has 0 saturated carbocycles. The van der Waals surface area contributed by atoms with Crippen LogP contribution in [-0.4, -0.2) is 17.1 Å². The van der Waals surface area contributed by atoms with Crippen molar-refractivity contribution in [3.63, 3.8) is 0 Å². The molecule has 1 aromatic heterocycles. The molecule has 0 aliphatic heterocycles. The van der Waals surface area contributed by atoms with Gasteiger partial charge in [0.2, 0.25) is 0 Å². The van der Waals surface area contributed by atoms with Gasteiger partial charge in [-0.25, -0.2) is 4.98 Å². The van der Waals surface area contributed by atoms with Gasteiger partial charge in [-0.3, -0.25) is 0 Å². The first kappa shape index (κ1) is 16.2. The van der Waals surface area contributed by atoms with Crippen LogP contribution in [0.25, 0.3) is 0 Å². The summed E-state index contributed by atoms with van der Waals surface area (Å²) in [7, 11) is 1.65. The summed E-state index contributed by atoms with van der Waals surface area (Å²) in [5.41, 5.74) is 1.85. The van der Waals surface area contributed by atoms with Crippen LogP contribution in [0.3, 0.4) is 0 Å². The minimum Gasteiger partial charge on any atom is -0.497 e. The zero-order valence-electron chi connectivity index (χ0n) is 12.2. The van der Waals surface area contributed by atoms with Crippen molar-refractivity contribution < 1.29 is 4.74 Å². The predicted octanol–water partition coefficient (Wildman–Crippen LogP) is 4.79. The summed E-state index contributed by atoms with van der Waals surface area (Å²) in [5, 5.41) is 3.87. The van der Waals surface area contributed by atoms with Gasteiger partial charge < -0.3 is 15.0 Å².